The number of halogens is 2. The number of nitrogens with zero attached hydrogens (tertiary/aromatic N) is 1. The van der Waals surface area contributed by atoms with Crippen molar-refractivity contribution in [1.29, 1.82) is 0 Å². The first-order valence-corrected chi connectivity index (χ1v) is 5.21. The Balaban J connectivity index is 2.64. The SMILES string of the molecule is O=[N+]([O-])c1c(Cl)cc2c(c1Cl)CCNC2. The summed E-state index contributed by atoms with van der Waals surface area (Å²) in [5, 5.41) is 14.2. The Labute approximate surface area is 96.3 Å². The highest BCUT2D eigenvalue weighted by Crippen LogP contribution is 2.38. The van der Waals surface area contributed by atoms with Crippen molar-refractivity contribution in [3.8, 4) is 0 Å². The number of rotatable bonds is 1. The summed E-state index contributed by atoms with van der Waals surface area (Å²) in [5.41, 5.74) is 1.60. The maximum atomic E-state index is 10.7. The van der Waals surface area contributed by atoms with Crippen LogP contribution in [-0.2, 0) is 13.0 Å². The zero-order valence-corrected chi connectivity index (χ0v) is 9.23. The Hall–Kier alpha value is -0.840. The smallest absolute Gasteiger partial charge is 0.306 e. The lowest BCUT2D eigenvalue weighted by molar-refractivity contribution is -0.384. The van der Waals surface area contributed by atoms with Crippen molar-refractivity contribution in [2.45, 2.75) is 13.0 Å². The number of nitrogens with one attached hydrogen (secondary N) is 1. The van der Waals surface area contributed by atoms with Gasteiger partial charge in [0.25, 0.3) is 0 Å². The lowest BCUT2D eigenvalue weighted by Gasteiger charge is -2.18. The summed E-state index contributed by atoms with van der Waals surface area (Å²) in [6.45, 7) is 1.44. The molecule has 0 atom stereocenters. The second kappa shape index (κ2) is 3.96. The first kappa shape index (κ1) is 10.7. The van der Waals surface area contributed by atoms with Crippen LogP contribution in [0.4, 0.5) is 5.69 Å². The molecule has 1 aliphatic rings. The van der Waals surface area contributed by atoms with Gasteiger partial charge in [0.1, 0.15) is 10.0 Å². The molecule has 6 heteroatoms. The van der Waals surface area contributed by atoms with E-state index in [1.54, 1.807) is 6.07 Å². The van der Waals surface area contributed by atoms with E-state index in [0.717, 1.165) is 17.7 Å². The minimum absolute atomic E-state index is 0.104. The largest absolute Gasteiger partial charge is 0.312 e. The molecule has 0 radical (unpaired) electrons. The van der Waals surface area contributed by atoms with Gasteiger partial charge in [0.15, 0.2) is 0 Å². The van der Waals surface area contributed by atoms with Crippen molar-refractivity contribution in [3.63, 3.8) is 0 Å². The minimum Gasteiger partial charge on any atom is -0.312 e. The van der Waals surface area contributed by atoms with Gasteiger partial charge in [-0.2, -0.15) is 0 Å². The molecule has 0 aliphatic carbocycles. The number of hydrogen-bond donors (Lipinski definition) is 1. The maximum absolute atomic E-state index is 10.7. The first-order chi connectivity index (χ1) is 7.11. The Morgan fingerprint density at radius 3 is 2.87 bits per heavy atom. The Morgan fingerprint density at radius 2 is 2.20 bits per heavy atom. The van der Waals surface area contributed by atoms with Crippen LogP contribution in [0, 0.1) is 10.1 Å². The van der Waals surface area contributed by atoms with Crippen LogP contribution in [0.2, 0.25) is 10.0 Å². The van der Waals surface area contributed by atoms with Gasteiger partial charge in [0.05, 0.1) is 4.92 Å². The van der Waals surface area contributed by atoms with Crippen LogP contribution in [0.5, 0.6) is 0 Å². The summed E-state index contributed by atoms with van der Waals surface area (Å²) in [4.78, 5) is 10.2. The molecule has 1 aromatic rings. The van der Waals surface area contributed by atoms with E-state index in [-0.39, 0.29) is 15.7 Å². The fourth-order valence-electron chi connectivity index (χ4n) is 1.73. The van der Waals surface area contributed by atoms with Gasteiger partial charge in [-0.3, -0.25) is 10.1 Å². The molecule has 1 aliphatic heterocycles. The second-order valence-corrected chi connectivity index (χ2v) is 4.13. The second-order valence-electron chi connectivity index (χ2n) is 3.34. The molecule has 0 fully saturated rings. The van der Waals surface area contributed by atoms with Crippen molar-refractivity contribution in [3.05, 3.63) is 37.4 Å². The molecule has 15 heavy (non-hydrogen) atoms. The maximum Gasteiger partial charge on any atom is 0.306 e. The van der Waals surface area contributed by atoms with Crippen molar-refractivity contribution < 1.29 is 4.92 Å². The van der Waals surface area contributed by atoms with Crippen molar-refractivity contribution in [2.75, 3.05) is 6.54 Å². The lowest BCUT2D eigenvalue weighted by atomic mass is 10.0. The third-order valence-electron chi connectivity index (χ3n) is 2.44. The third kappa shape index (κ3) is 1.80. The van der Waals surface area contributed by atoms with E-state index >= 15 is 0 Å². The summed E-state index contributed by atoms with van der Waals surface area (Å²) in [7, 11) is 0. The average Bonchev–Trinajstić information content (AvgIpc) is 2.17. The highest BCUT2D eigenvalue weighted by Gasteiger charge is 2.25. The molecule has 2 rings (SSSR count). The molecule has 1 heterocycles. The number of nitro benzene ring substituents is 1. The van der Waals surface area contributed by atoms with Crippen LogP contribution in [0.1, 0.15) is 11.1 Å². The molecule has 0 aromatic heterocycles. The molecule has 0 saturated carbocycles. The average molecular weight is 247 g/mol. The van der Waals surface area contributed by atoms with Gasteiger partial charge in [-0.15, -0.1) is 0 Å². The fraction of sp³-hybridized carbons (Fsp3) is 0.333. The normalized spacial score (nSPS) is 14.8. The van der Waals surface area contributed by atoms with Gasteiger partial charge in [-0.05, 0) is 30.2 Å². The van der Waals surface area contributed by atoms with E-state index in [1.807, 2.05) is 0 Å². The number of benzene rings is 1. The highest BCUT2D eigenvalue weighted by molar-refractivity contribution is 6.38. The zero-order valence-electron chi connectivity index (χ0n) is 7.72. The standard InChI is InChI=1S/C9H8Cl2N2O2/c10-7-3-5-4-12-2-1-6(5)8(11)9(7)13(14)15/h3,12H,1-2,4H2. The van der Waals surface area contributed by atoms with E-state index in [9.17, 15) is 10.1 Å². The predicted octanol–water partition coefficient (Wildman–Crippen LogP) is 2.55. The Bertz CT molecular complexity index is 435. The fourth-order valence-corrected chi connectivity index (χ4v) is 2.46. The molecule has 0 bridgehead atoms. The third-order valence-corrected chi connectivity index (χ3v) is 3.13. The summed E-state index contributed by atoms with van der Waals surface area (Å²) in [5.74, 6) is 0. The van der Waals surface area contributed by atoms with Gasteiger partial charge in [-0.1, -0.05) is 23.2 Å². The quantitative estimate of drug-likeness (QED) is 0.612. The molecule has 1 aromatic carbocycles. The zero-order chi connectivity index (χ0) is 11.0. The van der Waals surface area contributed by atoms with Crippen molar-refractivity contribution >= 4 is 28.9 Å². The minimum atomic E-state index is -0.535. The van der Waals surface area contributed by atoms with Crippen molar-refractivity contribution in [2.24, 2.45) is 0 Å². The molecule has 0 saturated heterocycles. The van der Waals surface area contributed by atoms with Gasteiger partial charge in [0.2, 0.25) is 0 Å². The molecular weight excluding hydrogens is 239 g/mol. The molecule has 0 unspecified atom stereocenters. The van der Waals surface area contributed by atoms with Gasteiger partial charge < -0.3 is 5.32 Å². The van der Waals surface area contributed by atoms with E-state index in [0.29, 0.717) is 13.0 Å². The molecule has 80 valence electrons. The highest BCUT2D eigenvalue weighted by atomic mass is 35.5. The van der Waals surface area contributed by atoms with Crippen LogP contribution in [0.15, 0.2) is 6.07 Å². The summed E-state index contributed by atoms with van der Waals surface area (Å²) < 4.78 is 0. The van der Waals surface area contributed by atoms with E-state index in [1.165, 1.54) is 0 Å². The van der Waals surface area contributed by atoms with Crippen LogP contribution >= 0.6 is 23.2 Å². The van der Waals surface area contributed by atoms with Crippen molar-refractivity contribution in [1.82, 2.24) is 5.32 Å². The number of hydrogen-bond acceptors (Lipinski definition) is 3. The summed E-state index contributed by atoms with van der Waals surface area (Å²) in [6.07, 6.45) is 0.701. The Morgan fingerprint density at radius 1 is 1.47 bits per heavy atom. The number of nitro groups is 1. The molecule has 0 amide bonds. The van der Waals surface area contributed by atoms with E-state index in [2.05, 4.69) is 5.32 Å². The van der Waals surface area contributed by atoms with Gasteiger partial charge in [0, 0.05) is 6.54 Å². The van der Waals surface area contributed by atoms with Gasteiger partial charge in [-0.25, -0.2) is 0 Å². The predicted molar refractivity (Wildman–Crippen MR) is 58.5 cm³/mol. The molecule has 0 spiro atoms. The summed E-state index contributed by atoms with van der Waals surface area (Å²) >= 11 is 11.8. The lowest BCUT2D eigenvalue weighted by Crippen LogP contribution is -2.24. The molecule has 4 nitrogen and oxygen atoms in total. The van der Waals surface area contributed by atoms with E-state index in [4.69, 9.17) is 23.2 Å². The molecular formula is C9H8Cl2N2O2. The first-order valence-electron chi connectivity index (χ1n) is 4.46. The van der Waals surface area contributed by atoms with Crippen LogP contribution in [0.25, 0.3) is 0 Å². The topological polar surface area (TPSA) is 55.2 Å². The number of fused-ring (bicyclic) bond motifs is 1. The monoisotopic (exact) mass is 246 g/mol. The van der Waals surface area contributed by atoms with Crippen LogP contribution in [0.3, 0.4) is 0 Å². The van der Waals surface area contributed by atoms with Crippen LogP contribution in [-0.4, -0.2) is 11.5 Å². The van der Waals surface area contributed by atoms with Gasteiger partial charge >= 0.3 is 5.69 Å². The summed E-state index contributed by atoms with van der Waals surface area (Å²) in [6, 6.07) is 1.62. The van der Waals surface area contributed by atoms with E-state index < -0.39 is 4.92 Å². The molecule has 1 N–H and O–H groups in total. The van der Waals surface area contributed by atoms with Crippen LogP contribution < -0.4 is 5.32 Å². The Kier molecular flexibility index (Phi) is 2.82.